The lowest BCUT2D eigenvalue weighted by molar-refractivity contribution is 0.240. The minimum Gasteiger partial charge on any atom is -0.304 e. The highest BCUT2D eigenvalue weighted by molar-refractivity contribution is 4.63. The van der Waals surface area contributed by atoms with Crippen LogP contribution in [0.25, 0.3) is 0 Å². The monoisotopic (exact) mass is 272 g/mol. The molecule has 19 heavy (non-hydrogen) atoms. The Labute approximate surface area is 123 Å². The van der Waals surface area contributed by atoms with Crippen LogP contribution in [0.5, 0.6) is 0 Å². The highest BCUT2D eigenvalue weighted by atomic mass is 15.1. The first kappa shape index (κ1) is 21.2. The van der Waals surface area contributed by atoms with E-state index in [-0.39, 0.29) is 0 Å². The van der Waals surface area contributed by atoms with Crippen LogP contribution in [-0.4, -0.2) is 49.1 Å². The van der Waals surface area contributed by atoms with Gasteiger partial charge in [-0.25, -0.2) is 0 Å². The summed E-state index contributed by atoms with van der Waals surface area (Å²) < 4.78 is 0. The SMILES string of the molecule is CC.CC.CCN1CCCC1.CCN1CCCCC1. The lowest BCUT2D eigenvalue weighted by Gasteiger charge is -2.24. The van der Waals surface area contributed by atoms with Gasteiger partial charge in [-0.15, -0.1) is 0 Å². The van der Waals surface area contributed by atoms with Gasteiger partial charge >= 0.3 is 0 Å². The Balaban J connectivity index is 0. The fraction of sp³-hybridized carbons (Fsp3) is 1.00. The molecule has 2 aliphatic rings. The van der Waals surface area contributed by atoms with Crippen molar-refractivity contribution in [3.8, 4) is 0 Å². The molecule has 2 saturated heterocycles. The average Bonchev–Trinajstić information content (AvgIpc) is 3.06. The second-order valence-electron chi connectivity index (χ2n) is 4.64. The Morgan fingerprint density at radius 2 is 0.789 bits per heavy atom. The Hall–Kier alpha value is -0.0800. The third kappa shape index (κ3) is 12.7. The van der Waals surface area contributed by atoms with Crippen molar-refractivity contribution in [1.82, 2.24) is 9.80 Å². The summed E-state index contributed by atoms with van der Waals surface area (Å²) in [7, 11) is 0. The van der Waals surface area contributed by atoms with Crippen LogP contribution in [-0.2, 0) is 0 Å². The Kier molecular flexibility index (Phi) is 20.0. The molecule has 2 fully saturated rings. The number of hydrogen-bond acceptors (Lipinski definition) is 2. The second-order valence-corrected chi connectivity index (χ2v) is 4.64. The van der Waals surface area contributed by atoms with E-state index in [1.54, 1.807) is 0 Å². The van der Waals surface area contributed by atoms with E-state index in [9.17, 15) is 0 Å². The van der Waals surface area contributed by atoms with Gasteiger partial charge in [0.25, 0.3) is 0 Å². The third-order valence-electron chi connectivity index (χ3n) is 3.54. The van der Waals surface area contributed by atoms with Crippen LogP contribution in [0.15, 0.2) is 0 Å². The van der Waals surface area contributed by atoms with Crippen LogP contribution in [0.3, 0.4) is 0 Å². The topological polar surface area (TPSA) is 6.48 Å². The molecule has 0 aromatic rings. The zero-order valence-corrected chi connectivity index (χ0v) is 14.7. The smallest absolute Gasteiger partial charge is 0.00184 e. The van der Waals surface area contributed by atoms with Gasteiger partial charge in [-0.05, 0) is 65.0 Å². The Morgan fingerprint density at radius 1 is 0.526 bits per heavy atom. The van der Waals surface area contributed by atoms with Gasteiger partial charge in [0.1, 0.15) is 0 Å². The molecule has 0 N–H and O–H groups in total. The average molecular weight is 273 g/mol. The van der Waals surface area contributed by atoms with E-state index in [1.165, 1.54) is 71.4 Å². The summed E-state index contributed by atoms with van der Waals surface area (Å²) >= 11 is 0. The number of rotatable bonds is 2. The Morgan fingerprint density at radius 3 is 1.00 bits per heavy atom. The molecule has 2 heterocycles. The predicted molar refractivity (Wildman–Crippen MR) is 90.0 cm³/mol. The number of likely N-dealkylation sites (tertiary alicyclic amines) is 2. The fourth-order valence-corrected chi connectivity index (χ4v) is 2.37. The molecular formula is C17H40N2. The van der Waals surface area contributed by atoms with Crippen LogP contribution in [0.1, 0.15) is 73.6 Å². The van der Waals surface area contributed by atoms with Gasteiger partial charge in [-0.3, -0.25) is 0 Å². The summed E-state index contributed by atoms with van der Waals surface area (Å²) in [6.07, 6.45) is 7.15. The number of nitrogens with zero attached hydrogens (tertiary/aromatic N) is 2. The molecule has 0 unspecified atom stereocenters. The van der Waals surface area contributed by atoms with E-state index in [2.05, 4.69) is 23.6 Å². The quantitative estimate of drug-likeness (QED) is 0.722. The van der Waals surface area contributed by atoms with Gasteiger partial charge in [-0.1, -0.05) is 48.0 Å². The molecule has 0 aromatic heterocycles. The predicted octanol–water partition coefficient (Wildman–Crippen LogP) is 4.65. The molecule has 2 nitrogen and oxygen atoms in total. The maximum absolute atomic E-state index is 2.52. The van der Waals surface area contributed by atoms with E-state index >= 15 is 0 Å². The van der Waals surface area contributed by atoms with Crippen LogP contribution in [0, 0.1) is 0 Å². The summed E-state index contributed by atoms with van der Waals surface area (Å²) in [5.74, 6) is 0. The zero-order valence-electron chi connectivity index (χ0n) is 14.7. The third-order valence-corrected chi connectivity index (χ3v) is 3.54. The summed E-state index contributed by atoms with van der Waals surface area (Å²) in [4.78, 5) is 5.00. The lowest BCUT2D eigenvalue weighted by atomic mass is 10.1. The molecule has 0 saturated carbocycles. The second kappa shape index (κ2) is 17.9. The van der Waals surface area contributed by atoms with Crippen LogP contribution in [0.2, 0.25) is 0 Å². The molecule has 118 valence electrons. The van der Waals surface area contributed by atoms with Crippen LogP contribution < -0.4 is 0 Å². The maximum atomic E-state index is 2.52. The normalized spacial score (nSPS) is 19.3. The van der Waals surface area contributed by atoms with Gasteiger partial charge in [0.05, 0.1) is 0 Å². The first-order valence-electron chi connectivity index (χ1n) is 8.81. The number of piperidine rings is 1. The summed E-state index contributed by atoms with van der Waals surface area (Å²) in [6.45, 7) is 20.3. The van der Waals surface area contributed by atoms with Gasteiger partial charge in [0.2, 0.25) is 0 Å². The van der Waals surface area contributed by atoms with E-state index in [1.807, 2.05) is 27.7 Å². The Bertz CT molecular complexity index is 136. The van der Waals surface area contributed by atoms with Crippen molar-refractivity contribution in [2.75, 3.05) is 39.3 Å². The van der Waals surface area contributed by atoms with E-state index in [0.717, 1.165) is 0 Å². The standard InChI is InChI=1S/C7H15N.C6H13N.2C2H6/c1-2-8-6-4-3-5-7-8;1-2-7-5-3-4-6-7;2*1-2/h2-7H2,1H3;2-6H2,1H3;2*1-2H3. The van der Waals surface area contributed by atoms with E-state index in [0.29, 0.717) is 0 Å². The summed E-state index contributed by atoms with van der Waals surface area (Å²) in [6, 6.07) is 0. The molecule has 0 atom stereocenters. The summed E-state index contributed by atoms with van der Waals surface area (Å²) in [5, 5.41) is 0. The molecule has 2 rings (SSSR count). The molecule has 0 aromatic carbocycles. The summed E-state index contributed by atoms with van der Waals surface area (Å²) in [5.41, 5.74) is 0. The van der Waals surface area contributed by atoms with Crippen molar-refractivity contribution in [2.45, 2.75) is 73.6 Å². The van der Waals surface area contributed by atoms with Gasteiger partial charge < -0.3 is 9.80 Å². The minimum atomic E-state index is 1.25. The van der Waals surface area contributed by atoms with Crippen molar-refractivity contribution in [2.24, 2.45) is 0 Å². The van der Waals surface area contributed by atoms with Crippen molar-refractivity contribution in [3.63, 3.8) is 0 Å². The first-order valence-corrected chi connectivity index (χ1v) is 8.81. The molecule has 0 spiro atoms. The molecule has 2 heteroatoms. The van der Waals surface area contributed by atoms with Crippen molar-refractivity contribution in [3.05, 3.63) is 0 Å². The van der Waals surface area contributed by atoms with Crippen LogP contribution in [0.4, 0.5) is 0 Å². The zero-order chi connectivity index (χ0) is 14.9. The fourth-order valence-electron chi connectivity index (χ4n) is 2.37. The van der Waals surface area contributed by atoms with Crippen molar-refractivity contribution >= 4 is 0 Å². The van der Waals surface area contributed by atoms with Gasteiger partial charge in [0.15, 0.2) is 0 Å². The first-order chi connectivity index (χ1) is 9.36. The van der Waals surface area contributed by atoms with E-state index in [4.69, 9.17) is 0 Å². The van der Waals surface area contributed by atoms with E-state index < -0.39 is 0 Å². The van der Waals surface area contributed by atoms with Gasteiger partial charge in [0, 0.05) is 0 Å². The number of hydrogen-bond donors (Lipinski definition) is 0. The molecule has 0 aliphatic carbocycles. The van der Waals surface area contributed by atoms with Crippen LogP contribution >= 0.6 is 0 Å². The minimum absolute atomic E-state index is 1.25. The molecule has 0 amide bonds. The highest BCUT2D eigenvalue weighted by Gasteiger charge is 2.07. The highest BCUT2D eigenvalue weighted by Crippen LogP contribution is 2.06. The molecular weight excluding hydrogens is 232 g/mol. The van der Waals surface area contributed by atoms with Gasteiger partial charge in [-0.2, -0.15) is 0 Å². The maximum Gasteiger partial charge on any atom is -0.00184 e. The largest absolute Gasteiger partial charge is 0.304 e. The molecule has 0 bridgehead atoms. The molecule has 2 aliphatic heterocycles. The molecule has 0 radical (unpaired) electrons. The lowest BCUT2D eigenvalue weighted by Crippen LogP contribution is -2.29. The van der Waals surface area contributed by atoms with Crippen molar-refractivity contribution in [1.29, 1.82) is 0 Å². The van der Waals surface area contributed by atoms with Crippen molar-refractivity contribution < 1.29 is 0 Å².